The van der Waals surface area contributed by atoms with Crippen LogP contribution in [0.5, 0.6) is 0 Å². The van der Waals surface area contributed by atoms with Gasteiger partial charge in [0.05, 0.1) is 0 Å². The van der Waals surface area contributed by atoms with E-state index in [1.54, 1.807) is 24.3 Å². The quantitative estimate of drug-likeness (QED) is 0.761. The molecule has 0 aromatic heterocycles. The molecule has 0 aliphatic heterocycles. The van der Waals surface area contributed by atoms with Gasteiger partial charge in [-0.25, -0.2) is 0 Å². The summed E-state index contributed by atoms with van der Waals surface area (Å²) in [6.07, 6.45) is 2.85. The van der Waals surface area contributed by atoms with Gasteiger partial charge in [0, 0.05) is 16.6 Å². The maximum absolute atomic E-state index is 12.0. The van der Waals surface area contributed by atoms with Crippen LogP contribution in [0.4, 0.5) is 0 Å². The van der Waals surface area contributed by atoms with E-state index < -0.39 is 22.0 Å². The van der Waals surface area contributed by atoms with Crippen molar-refractivity contribution in [1.82, 2.24) is 0 Å². The van der Waals surface area contributed by atoms with Crippen LogP contribution in [-0.4, -0.2) is 21.0 Å². The van der Waals surface area contributed by atoms with Gasteiger partial charge in [-0.15, -0.1) is 0 Å². The second-order valence-corrected chi connectivity index (χ2v) is 5.56. The highest BCUT2D eigenvalue weighted by Crippen LogP contribution is 2.21. The maximum Gasteiger partial charge on any atom is 0.323 e. The Kier molecular flexibility index (Phi) is 5.91. The van der Waals surface area contributed by atoms with Crippen molar-refractivity contribution >= 4 is 16.8 Å². The van der Waals surface area contributed by atoms with Gasteiger partial charge in [0.2, 0.25) is 0 Å². The highest BCUT2D eigenvalue weighted by Gasteiger charge is 2.25. The van der Waals surface area contributed by atoms with E-state index in [4.69, 9.17) is 5.11 Å². The Morgan fingerprint density at radius 3 is 2.47 bits per heavy atom. The third kappa shape index (κ3) is 4.30. The lowest BCUT2D eigenvalue weighted by atomic mass is 10.1. The van der Waals surface area contributed by atoms with Gasteiger partial charge in [0.15, 0.2) is 5.25 Å². The molecule has 0 aliphatic carbocycles. The van der Waals surface area contributed by atoms with Crippen LogP contribution in [0.25, 0.3) is 0 Å². The van der Waals surface area contributed by atoms with E-state index in [0.29, 0.717) is 11.3 Å². The fourth-order valence-electron chi connectivity index (χ4n) is 1.65. The van der Waals surface area contributed by atoms with Crippen molar-refractivity contribution in [2.75, 3.05) is 5.75 Å². The molecule has 0 spiro atoms. The molecule has 0 saturated heterocycles. The van der Waals surface area contributed by atoms with Crippen LogP contribution in [0.2, 0.25) is 0 Å². The molecule has 0 saturated carbocycles. The predicted molar refractivity (Wildman–Crippen MR) is 69.4 cm³/mol. The number of carboxylic acids is 1. The van der Waals surface area contributed by atoms with Crippen molar-refractivity contribution in [3.8, 4) is 0 Å². The summed E-state index contributed by atoms with van der Waals surface area (Å²) in [6.45, 7) is 2.06. The summed E-state index contributed by atoms with van der Waals surface area (Å²) in [5, 5.41) is 8.27. The molecule has 0 fully saturated rings. The van der Waals surface area contributed by atoms with Crippen molar-refractivity contribution in [3.05, 3.63) is 35.9 Å². The van der Waals surface area contributed by atoms with E-state index in [1.165, 1.54) is 0 Å². The van der Waals surface area contributed by atoms with E-state index in [9.17, 15) is 9.00 Å². The Morgan fingerprint density at radius 2 is 1.94 bits per heavy atom. The molecule has 0 amide bonds. The summed E-state index contributed by atoms with van der Waals surface area (Å²) < 4.78 is 12.0. The lowest BCUT2D eigenvalue weighted by Gasteiger charge is -2.12. The molecular weight excluding hydrogens is 236 g/mol. The minimum atomic E-state index is -1.34. The molecule has 17 heavy (non-hydrogen) atoms. The zero-order valence-corrected chi connectivity index (χ0v) is 10.8. The van der Waals surface area contributed by atoms with Gasteiger partial charge >= 0.3 is 5.97 Å². The molecule has 1 aromatic carbocycles. The van der Waals surface area contributed by atoms with Gasteiger partial charge in [-0.1, -0.05) is 50.1 Å². The number of carboxylic acid groups (broad SMARTS) is 1. The number of unbranched alkanes of at least 4 members (excludes halogenated alkanes) is 2. The molecule has 1 N–H and O–H groups in total. The number of hydrogen-bond donors (Lipinski definition) is 1. The van der Waals surface area contributed by atoms with Crippen LogP contribution in [0.1, 0.15) is 37.0 Å². The number of benzene rings is 1. The zero-order chi connectivity index (χ0) is 12.7. The van der Waals surface area contributed by atoms with E-state index in [-0.39, 0.29) is 0 Å². The Balaban J connectivity index is 2.73. The van der Waals surface area contributed by atoms with Crippen LogP contribution in [-0.2, 0) is 15.6 Å². The molecule has 0 heterocycles. The van der Waals surface area contributed by atoms with Gasteiger partial charge in [-0.05, 0) is 12.0 Å². The number of aliphatic carboxylic acids is 1. The number of rotatable bonds is 7. The van der Waals surface area contributed by atoms with E-state index in [1.807, 2.05) is 6.07 Å². The fourth-order valence-corrected chi connectivity index (χ4v) is 3.06. The monoisotopic (exact) mass is 254 g/mol. The van der Waals surface area contributed by atoms with E-state index >= 15 is 0 Å². The first-order valence-electron chi connectivity index (χ1n) is 5.81. The first kappa shape index (κ1) is 13.9. The molecule has 4 heteroatoms. The van der Waals surface area contributed by atoms with E-state index in [0.717, 1.165) is 19.3 Å². The van der Waals surface area contributed by atoms with Crippen molar-refractivity contribution in [3.63, 3.8) is 0 Å². The van der Waals surface area contributed by atoms with Crippen LogP contribution in [0.3, 0.4) is 0 Å². The van der Waals surface area contributed by atoms with Gasteiger partial charge in [0.1, 0.15) is 0 Å². The highest BCUT2D eigenvalue weighted by atomic mass is 32.2. The minimum absolute atomic E-state index is 0.458. The SMILES string of the molecule is CCCCCS(=O)C(C(=O)O)c1ccccc1. The third-order valence-corrected chi connectivity index (χ3v) is 4.23. The first-order chi connectivity index (χ1) is 8.16. The Morgan fingerprint density at radius 1 is 1.29 bits per heavy atom. The van der Waals surface area contributed by atoms with Gasteiger partial charge < -0.3 is 5.11 Å². The molecule has 0 aliphatic rings. The average molecular weight is 254 g/mol. The normalized spacial score (nSPS) is 14.2. The van der Waals surface area contributed by atoms with Crippen LogP contribution >= 0.6 is 0 Å². The lowest BCUT2D eigenvalue weighted by Crippen LogP contribution is -2.19. The zero-order valence-electron chi connectivity index (χ0n) is 9.96. The van der Waals surface area contributed by atoms with Gasteiger partial charge in [-0.2, -0.15) is 0 Å². The molecule has 1 rings (SSSR count). The third-order valence-electron chi connectivity index (χ3n) is 2.54. The summed E-state index contributed by atoms with van der Waals surface area (Å²) in [5.41, 5.74) is 0.620. The second kappa shape index (κ2) is 7.22. The Bertz CT molecular complexity index is 376. The average Bonchev–Trinajstić information content (AvgIpc) is 2.30. The maximum atomic E-state index is 12.0. The van der Waals surface area contributed by atoms with Crippen molar-refractivity contribution in [1.29, 1.82) is 0 Å². The highest BCUT2D eigenvalue weighted by molar-refractivity contribution is 7.86. The summed E-state index contributed by atoms with van der Waals surface area (Å²) in [7, 11) is -1.34. The van der Waals surface area contributed by atoms with Crippen molar-refractivity contribution in [2.45, 2.75) is 31.4 Å². The molecule has 2 atom stereocenters. The van der Waals surface area contributed by atoms with Crippen LogP contribution in [0, 0.1) is 0 Å². The second-order valence-electron chi connectivity index (χ2n) is 3.92. The topological polar surface area (TPSA) is 54.4 Å². The minimum Gasteiger partial charge on any atom is -0.480 e. The molecule has 2 unspecified atom stereocenters. The summed E-state index contributed by atoms with van der Waals surface area (Å²) in [6, 6.07) is 8.80. The molecular formula is C13H18O3S. The molecule has 0 radical (unpaired) electrons. The smallest absolute Gasteiger partial charge is 0.323 e. The summed E-state index contributed by atoms with van der Waals surface area (Å²) in [4.78, 5) is 11.2. The first-order valence-corrected chi connectivity index (χ1v) is 7.20. The van der Waals surface area contributed by atoms with Crippen molar-refractivity contribution in [2.24, 2.45) is 0 Å². The predicted octanol–water partition coefficient (Wildman–Crippen LogP) is 2.75. The van der Waals surface area contributed by atoms with E-state index in [2.05, 4.69) is 6.92 Å². The molecule has 1 aromatic rings. The van der Waals surface area contributed by atoms with Gasteiger partial charge in [-0.3, -0.25) is 9.00 Å². The molecule has 94 valence electrons. The summed E-state index contributed by atoms with van der Waals surface area (Å²) in [5.74, 6) is -0.550. The van der Waals surface area contributed by atoms with Gasteiger partial charge in [0.25, 0.3) is 0 Å². The largest absolute Gasteiger partial charge is 0.480 e. The standard InChI is InChI=1S/C13H18O3S/c1-2-3-7-10-17(16)12(13(14)15)11-8-5-4-6-9-11/h4-6,8-9,12H,2-3,7,10H2,1H3,(H,14,15). The Hall–Kier alpha value is -1.16. The van der Waals surface area contributed by atoms with Crippen LogP contribution < -0.4 is 0 Å². The fraction of sp³-hybridized carbons (Fsp3) is 0.462. The van der Waals surface area contributed by atoms with Crippen LogP contribution in [0.15, 0.2) is 30.3 Å². The lowest BCUT2D eigenvalue weighted by molar-refractivity contribution is -0.136. The number of carbonyl (C=O) groups is 1. The van der Waals surface area contributed by atoms with Crippen molar-refractivity contribution < 1.29 is 14.1 Å². The molecule has 0 bridgehead atoms. The summed E-state index contributed by atoms with van der Waals surface area (Å²) >= 11 is 0. The molecule has 3 nitrogen and oxygen atoms in total. The number of hydrogen-bond acceptors (Lipinski definition) is 2. The Labute approximate surface area is 104 Å².